The van der Waals surface area contributed by atoms with E-state index in [0.717, 1.165) is 43.6 Å². The van der Waals surface area contributed by atoms with Crippen molar-refractivity contribution in [3.63, 3.8) is 0 Å². The van der Waals surface area contributed by atoms with Gasteiger partial charge in [0.25, 0.3) is 5.91 Å². The molecule has 0 unspecified atom stereocenters. The van der Waals surface area contributed by atoms with Gasteiger partial charge in [-0.05, 0) is 66.1 Å². The molecule has 0 spiro atoms. The lowest BCUT2D eigenvalue weighted by Crippen LogP contribution is -2.42. The highest BCUT2D eigenvalue weighted by molar-refractivity contribution is 5.95. The Bertz CT molecular complexity index is 901. The second kappa shape index (κ2) is 9.45. The molecule has 30 heavy (non-hydrogen) atoms. The van der Waals surface area contributed by atoms with Crippen LogP contribution in [-0.2, 0) is 6.54 Å². The van der Waals surface area contributed by atoms with Crippen molar-refractivity contribution in [2.45, 2.75) is 39.7 Å². The molecule has 1 aliphatic rings. The van der Waals surface area contributed by atoms with Gasteiger partial charge in [0.2, 0.25) is 0 Å². The maximum atomic E-state index is 12.2. The third-order valence-electron chi connectivity index (χ3n) is 6.72. The first-order valence-corrected chi connectivity index (χ1v) is 10.8. The minimum absolute atomic E-state index is 0.0208. The van der Waals surface area contributed by atoms with E-state index >= 15 is 0 Å². The Hall–Kier alpha value is -2.64. The summed E-state index contributed by atoms with van der Waals surface area (Å²) < 4.78 is 0. The first-order chi connectivity index (χ1) is 14.3. The zero-order chi connectivity index (χ0) is 21.7. The van der Waals surface area contributed by atoms with E-state index in [4.69, 9.17) is 0 Å². The van der Waals surface area contributed by atoms with Crippen molar-refractivity contribution in [1.82, 2.24) is 9.80 Å². The van der Waals surface area contributed by atoms with E-state index in [1.165, 1.54) is 5.56 Å². The summed E-state index contributed by atoms with van der Waals surface area (Å²) in [5.74, 6) is 0.571. The van der Waals surface area contributed by atoms with E-state index < -0.39 is 0 Å². The third kappa shape index (κ3) is 4.91. The number of rotatable bonds is 6. The van der Waals surface area contributed by atoms with E-state index in [2.05, 4.69) is 49.1 Å². The second-order valence-corrected chi connectivity index (χ2v) is 9.11. The van der Waals surface area contributed by atoms with Gasteiger partial charge >= 0.3 is 0 Å². The first-order valence-electron chi connectivity index (χ1n) is 10.8. The summed E-state index contributed by atoms with van der Waals surface area (Å²) >= 11 is 0. The molecule has 0 radical (unpaired) electrons. The summed E-state index contributed by atoms with van der Waals surface area (Å²) in [4.78, 5) is 16.3. The van der Waals surface area contributed by atoms with Gasteiger partial charge in [0, 0.05) is 32.6 Å². The molecule has 1 amide bonds. The predicted octanol–water partition coefficient (Wildman–Crippen LogP) is 5.21. The number of benzene rings is 2. The molecule has 1 saturated heterocycles. The van der Waals surface area contributed by atoms with Gasteiger partial charge in [-0.2, -0.15) is 5.26 Å². The second-order valence-electron chi connectivity index (χ2n) is 9.11. The van der Waals surface area contributed by atoms with Crippen LogP contribution in [-0.4, -0.2) is 42.9 Å². The van der Waals surface area contributed by atoms with Crippen molar-refractivity contribution >= 4 is 5.91 Å². The Labute approximate surface area is 181 Å². The Morgan fingerprint density at radius 1 is 1.10 bits per heavy atom. The van der Waals surface area contributed by atoms with E-state index in [0.29, 0.717) is 17.9 Å². The number of nitriles is 1. The number of piperidine rings is 1. The van der Waals surface area contributed by atoms with Gasteiger partial charge < -0.3 is 4.90 Å². The van der Waals surface area contributed by atoms with Gasteiger partial charge in [-0.25, -0.2) is 0 Å². The van der Waals surface area contributed by atoms with Crippen LogP contribution >= 0.6 is 0 Å². The van der Waals surface area contributed by atoms with Gasteiger partial charge in [0.05, 0.1) is 6.07 Å². The number of carbonyl (C=O) groups is 1. The molecule has 0 saturated carbocycles. The average molecular weight is 404 g/mol. The molecule has 1 aliphatic heterocycles. The van der Waals surface area contributed by atoms with Crippen LogP contribution in [0.25, 0.3) is 11.1 Å². The molecule has 158 valence electrons. The van der Waals surface area contributed by atoms with Crippen LogP contribution < -0.4 is 0 Å². The van der Waals surface area contributed by atoms with Crippen molar-refractivity contribution in [1.29, 1.82) is 5.26 Å². The zero-order valence-corrected chi connectivity index (χ0v) is 18.7. The fraction of sp³-hybridized carbons (Fsp3) is 0.462. The van der Waals surface area contributed by atoms with Gasteiger partial charge in [-0.3, -0.25) is 9.69 Å². The summed E-state index contributed by atoms with van der Waals surface area (Å²) in [5, 5.41) is 9.24. The van der Waals surface area contributed by atoms with Crippen molar-refractivity contribution in [3.8, 4) is 17.2 Å². The lowest BCUT2D eigenvalue weighted by Gasteiger charge is -2.43. The Morgan fingerprint density at radius 2 is 1.77 bits per heavy atom. The average Bonchev–Trinajstić information content (AvgIpc) is 2.75. The minimum Gasteiger partial charge on any atom is -0.345 e. The number of hydrogen-bond donors (Lipinski definition) is 0. The van der Waals surface area contributed by atoms with Gasteiger partial charge in [-0.15, -0.1) is 0 Å². The number of carbonyl (C=O) groups excluding carboxylic acids is 1. The molecular weight excluding hydrogens is 370 g/mol. The molecule has 4 heteroatoms. The smallest absolute Gasteiger partial charge is 0.253 e. The molecule has 1 heterocycles. The normalized spacial score (nSPS) is 16.3. The lowest BCUT2D eigenvalue weighted by atomic mass is 9.68. The summed E-state index contributed by atoms with van der Waals surface area (Å²) in [5.41, 5.74) is 4.38. The van der Waals surface area contributed by atoms with Crippen molar-refractivity contribution in [3.05, 3.63) is 59.7 Å². The van der Waals surface area contributed by atoms with E-state index in [1.807, 2.05) is 24.3 Å². The highest BCUT2D eigenvalue weighted by Crippen LogP contribution is 2.41. The summed E-state index contributed by atoms with van der Waals surface area (Å²) in [6.07, 6.45) is 2.87. The molecule has 0 bridgehead atoms. The van der Waals surface area contributed by atoms with Crippen LogP contribution in [0.15, 0.2) is 48.5 Å². The highest BCUT2D eigenvalue weighted by Gasteiger charge is 2.37. The molecule has 0 atom stereocenters. The lowest BCUT2D eigenvalue weighted by molar-refractivity contribution is 0.0617. The van der Waals surface area contributed by atoms with Crippen LogP contribution in [0.2, 0.25) is 0 Å². The molecule has 2 aromatic carbocycles. The highest BCUT2D eigenvalue weighted by atomic mass is 16.2. The SMILES string of the molecule is CC(C)C1(CC#N)CCN(Cc2ccc(-c3cccc(C(=O)N(C)C)c3)cc2)CC1. The van der Waals surface area contributed by atoms with Crippen LogP contribution in [0.4, 0.5) is 0 Å². The Morgan fingerprint density at radius 3 is 2.33 bits per heavy atom. The van der Waals surface area contributed by atoms with Crippen molar-refractivity contribution in [2.24, 2.45) is 11.3 Å². The quantitative estimate of drug-likeness (QED) is 0.665. The fourth-order valence-corrected chi connectivity index (χ4v) is 4.42. The predicted molar refractivity (Wildman–Crippen MR) is 122 cm³/mol. The fourth-order valence-electron chi connectivity index (χ4n) is 4.42. The molecular formula is C26H33N3O. The standard InChI is InChI=1S/C26H33N3O/c1-20(2)26(12-15-27)13-16-29(17-14-26)19-21-8-10-22(11-9-21)23-6-5-7-24(18-23)25(30)28(3)4/h5-11,18,20H,12-14,16-17,19H2,1-4H3. The maximum Gasteiger partial charge on any atom is 0.253 e. The Balaban J connectivity index is 1.64. The molecule has 0 N–H and O–H groups in total. The van der Waals surface area contributed by atoms with E-state index in [9.17, 15) is 10.1 Å². The van der Waals surface area contributed by atoms with Gasteiger partial charge in [0.1, 0.15) is 0 Å². The monoisotopic (exact) mass is 403 g/mol. The molecule has 3 rings (SSSR count). The third-order valence-corrected chi connectivity index (χ3v) is 6.72. The molecule has 4 nitrogen and oxygen atoms in total. The number of nitrogens with zero attached hydrogens (tertiary/aromatic N) is 3. The topological polar surface area (TPSA) is 47.3 Å². The maximum absolute atomic E-state index is 12.2. The van der Waals surface area contributed by atoms with E-state index in [-0.39, 0.29) is 11.3 Å². The van der Waals surface area contributed by atoms with E-state index in [1.54, 1.807) is 19.0 Å². The minimum atomic E-state index is 0.0208. The zero-order valence-electron chi connectivity index (χ0n) is 18.7. The van der Waals surface area contributed by atoms with Crippen molar-refractivity contribution in [2.75, 3.05) is 27.2 Å². The first kappa shape index (κ1) is 22.1. The molecule has 1 fully saturated rings. The molecule has 2 aromatic rings. The Kier molecular flexibility index (Phi) is 6.95. The summed E-state index contributed by atoms with van der Waals surface area (Å²) in [6.45, 7) is 7.56. The van der Waals surface area contributed by atoms with Crippen LogP contribution in [0.3, 0.4) is 0 Å². The molecule has 0 aliphatic carbocycles. The van der Waals surface area contributed by atoms with Crippen molar-refractivity contribution < 1.29 is 4.79 Å². The van der Waals surface area contributed by atoms with Gasteiger partial charge in [0.15, 0.2) is 0 Å². The number of hydrogen-bond acceptors (Lipinski definition) is 3. The van der Waals surface area contributed by atoms with Crippen LogP contribution in [0, 0.1) is 22.7 Å². The largest absolute Gasteiger partial charge is 0.345 e. The summed E-state index contributed by atoms with van der Waals surface area (Å²) in [7, 11) is 3.55. The number of likely N-dealkylation sites (tertiary alicyclic amines) is 1. The summed E-state index contributed by atoms with van der Waals surface area (Å²) in [6, 6.07) is 18.9. The molecule has 0 aromatic heterocycles. The number of amides is 1. The van der Waals surface area contributed by atoms with Crippen LogP contribution in [0.5, 0.6) is 0 Å². The van der Waals surface area contributed by atoms with Crippen LogP contribution in [0.1, 0.15) is 49.0 Å². The van der Waals surface area contributed by atoms with Gasteiger partial charge in [-0.1, -0.05) is 50.2 Å².